The maximum atomic E-state index is 13.2. The first-order valence-electron chi connectivity index (χ1n) is 7.26. The Bertz CT molecular complexity index is 517. The Balaban J connectivity index is 2.44. The lowest BCUT2D eigenvalue weighted by molar-refractivity contribution is 0.0507. The van der Waals surface area contributed by atoms with Crippen LogP contribution in [0.1, 0.15) is 46.2 Å². The summed E-state index contributed by atoms with van der Waals surface area (Å²) in [6, 6.07) is 4.88. The van der Waals surface area contributed by atoms with Crippen LogP contribution in [0.25, 0.3) is 0 Å². The molecule has 0 aromatic heterocycles. The van der Waals surface area contributed by atoms with E-state index in [4.69, 9.17) is 4.74 Å². The largest absolute Gasteiger partial charge is 0.444 e. The number of benzene rings is 1. The zero-order chi connectivity index (χ0) is 16.9. The lowest BCUT2D eigenvalue weighted by Crippen LogP contribution is -2.43. The molecule has 1 rings (SSSR count). The Morgan fingerprint density at radius 2 is 2.00 bits per heavy atom. The molecule has 0 saturated heterocycles. The summed E-state index contributed by atoms with van der Waals surface area (Å²) in [5, 5.41) is 6.07. The first-order valence-corrected chi connectivity index (χ1v) is 8.05. The van der Waals surface area contributed by atoms with Gasteiger partial charge in [-0.25, -0.2) is 9.18 Å². The summed E-state index contributed by atoms with van der Waals surface area (Å²) in [5.74, 6) is -0.282. The molecule has 0 radical (unpaired) electrons. The topological polar surface area (TPSA) is 50.4 Å². The molecule has 0 aliphatic carbocycles. The number of rotatable bonds is 5. The molecule has 1 amide bonds. The second kappa shape index (κ2) is 7.92. The van der Waals surface area contributed by atoms with Gasteiger partial charge >= 0.3 is 6.09 Å². The predicted molar refractivity (Wildman–Crippen MR) is 89.3 cm³/mol. The van der Waals surface area contributed by atoms with E-state index in [0.29, 0.717) is 11.0 Å². The minimum Gasteiger partial charge on any atom is -0.444 e. The van der Waals surface area contributed by atoms with Crippen LogP contribution in [-0.4, -0.2) is 24.3 Å². The van der Waals surface area contributed by atoms with E-state index in [0.717, 1.165) is 5.56 Å². The zero-order valence-electron chi connectivity index (χ0n) is 13.7. The maximum absolute atomic E-state index is 13.2. The number of nitrogens with one attached hydrogen (secondary N) is 2. The van der Waals surface area contributed by atoms with Crippen LogP contribution in [0, 0.1) is 5.82 Å². The van der Waals surface area contributed by atoms with E-state index in [1.807, 2.05) is 34.6 Å². The van der Waals surface area contributed by atoms with Crippen LogP contribution in [-0.2, 0) is 4.74 Å². The van der Waals surface area contributed by atoms with Crippen LogP contribution in [0.2, 0.25) is 0 Å². The molecule has 22 heavy (non-hydrogen) atoms. The SMILES string of the molecule is CC(CNC(C)c1ccc(F)c(Br)c1)NC(=O)OC(C)(C)C. The highest BCUT2D eigenvalue weighted by Gasteiger charge is 2.18. The quantitative estimate of drug-likeness (QED) is 0.813. The van der Waals surface area contributed by atoms with Gasteiger partial charge in [-0.2, -0.15) is 0 Å². The second-order valence-electron chi connectivity index (χ2n) is 6.35. The number of carbonyl (C=O) groups excluding carboxylic acids is 1. The maximum Gasteiger partial charge on any atom is 0.407 e. The van der Waals surface area contributed by atoms with E-state index in [-0.39, 0.29) is 17.9 Å². The second-order valence-corrected chi connectivity index (χ2v) is 7.21. The molecule has 0 aliphatic heterocycles. The minimum absolute atomic E-state index is 0.0415. The van der Waals surface area contributed by atoms with Gasteiger partial charge in [0.15, 0.2) is 0 Å². The number of ether oxygens (including phenoxy) is 1. The van der Waals surface area contributed by atoms with Gasteiger partial charge in [-0.1, -0.05) is 6.07 Å². The van der Waals surface area contributed by atoms with E-state index >= 15 is 0 Å². The van der Waals surface area contributed by atoms with Crippen LogP contribution in [0.5, 0.6) is 0 Å². The molecule has 124 valence electrons. The molecule has 2 unspecified atom stereocenters. The van der Waals surface area contributed by atoms with Crippen LogP contribution >= 0.6 is 15.9 Å². The van der Waals surface area contributed by atoms with Crippen molar-refractivity contribution in [2.24, 2.45) is 0 Å². The smallest absolute Gasteiger partial charge is 0.407 e. The van der Waals surface area contributed by atoms with Gasteiger partial charge in [-0.15, -0.1) is 0 Å². The van der Waals surface area contributed by atoms with Gasteiger partial charge in [0.1, 0.15) is 11.4 Å². The number of alkyl carbamates (subject to hydrolysis) is 1. The monoisotopic (exact) mass is 374 g/mol. The molecule has 0 saturated carbocycles. The van der Waals surface area contributed by atoms with Crippen molar-refractivity contribution in [1.29, 1.82) is 0 Å². The summed E-state index contributed by atoms with van der Waals surface area (Å²) in [6.07, 6.45) is -0.432. The van der Waals surface area contributed by atoms with Crippen molar-refractivity contribution in [3.8, 4) is 0 Å². The van der Waals surface area contributed by atoms with Gasteiger partial charge in [0.05, 0.1) is 4.47 Å². The van der Waals surface area contributed by atoms with Gasteiger partial charge in [0.25, 0.3) is 0 Å². The van der Waals surface area contributed by atoms with Crippen molar-refractivity contribution < 1.29 is 13.9 Å². The van der Waals surface area contributed by atoms with Crippen molar-refractivity contribution in [2.75, 3.05) is 6.54 Å². The highest BCUT2D eigenvalue weighted by Crippen LogP contribution is 2.21. The Morgan fingerprint density at radius 1 is 1.36 bits per heavy atom. The fourth-order valence-corrected chi connectivity index (χ4v) is 2.21. The molecule has 0 aliphatic rings. The van der Waals surface area contributed by atoms with Gasteiger partial charge in [-0.3, -0.25) is 0 Å². The van der Waals surface area contributed by atoms with Crippen LogP contribution < -0.4 is 10.6 Å². The molecule has 0 fully saturated rings. The molecule has 0 heterocycles. The van der Waals surface area contributed by atoms with Crippen LogP contribution in [0.15, 0.2) is 22.7 Å². The van der Waals surface area contributed by atoms with Gasteiger partial charge in [-0.05, 0) is 68.2 Å². The Hall–Kier alpha value is -1.14. The van der Waals surface area contributed by atoms with Gasteiger partial charge < -0.3 is 15.4 Å². The van der Waals surface area contributed by atoms with Crippen molar-refractivity contribution in [1.82, 2.24) is 10.6 Å². The van der Waals surface area contributed by atoms with E-state index in [9.17, 15) is 9.18 Å². The third-order valence-electron chi connectivity index (χ3n) is 2.94. The van der Waals surface area contributed by atoms with E-state index < -0.39 is 11.7 Å². The van der Waals surface area contributed by atoms with Crippen LogP contribution in [0.3, 0.4) is 0 Å². The number of amides is 1. The molecule has 0 spiro atoms. The Kier molecular flexibility index (Phi) is 6.81. The molecular weight excluding hydrogens is 351 g/mol. The lowest BCUT2D eigenvalue weighted by Gasteiger charge is -2.23. The molecule has 1 aromatic rings. The molecular formula is C16H24BrFN2O2. The van der Waals surface area contributed by atoms with Crippen molar-refractivity contribution in [3.63, 3.8) is 0 Å². The van der Waals surface area contributed by atoms with Crippen molar-refractivity contribution in [2.45, 2.75) is 52.3 Å². The summed E-state index contributed by atoms with van der Waals surface area (Å²) in [7, 11) is 0. The fourth-order valence-electron chi connectivity index (χ4n) is 1.81. The normalized spacial score (nSPS) is 14.3. The Labute approximate surface area is 139 Å². The number of halogens is 2. The predicted octanol–water partition coefficient (Wildman–Crippen LogP) is 4.15. The van der Waals surface area contributed by atoms with E-state index in [2.05, 4.69) is 26.6 Å². The average Bonchev–Trinajstić information content (AvgIpc) is 2.36. The van der Waals surface area contributed by atoms with E-state index in [1.54, 1.807) is 12.1 Å². The van der Waals surface area contributed by atoms with Gasteiger partial charge in [0, 0.05) is 18.6 Å². The fraction of sp³-hybridized carbons (Fsp3) is 0.562. The average molecular weight is 375 g/mol. The first kappa shape index (κ1) is 18.9. The Morgan fingerprint density at radius 3 is 2.55 bits per heavy atom. The highest BCUT2D eigenvalue weighted by molar-refractivity contribution is 9.10. The summed E-state index contributed by atoms with van der Waals surface area (Å²) in [4.78, 5) is 11.7. The molecule has 2 N–H and O–H groups in total. The molecule has 2 atom stereocenters. The van der Waals surface area contributed by atoms with Crippen LogP contribution in [0.4, 0.5) is 9.18 Å². The standard InChI is InChI=1S/C16H24BrFN2O2/c1-10(20-15(21)22-16(3,4)5)9-19-11(2)12-6-7-14(18)13(17)8-12/h6-8,10-11,19H,9H2,1-5H3,(H,20,21). The lowest BCUT2D eigenvalue weighted by atomic mass is 10.1. The molecule has 6 heteroatoms. The molecule has 4 nitrogen and oxygen atoms in total. The van der Waals surface area contributed by atoms with Crippen molar-refractivity contribution in [3.05, 3.63) is 34.1 Å². The van der Waals surface area contributed by atoms with Gasteiger partial charge in [0.2, 0.25) is 0 Å². The number of carbonyl (C=O) groups is 1. The summed E-state index contributed by atoms with van der Waals surface area (Å²) >= 11 is 3.18. The first-order chi connectivity index (χ1) is 10.1. The minimum atomic E-state index is -0.509. The zero-order valence-corrected chi connectivity index (χ0v) is 15.3. The van der Waals surface area contributed by atoms with E-state index in [1.165, 1.54) is 6.07 Å². The highest BCUT2D eigenvalue weighted by atomic mass is 79.9. The molecule has 0 bridgehead atoms. The summed E-state index contributed by atoms with van der Waals surface area (Å²) in [6.45, 7) is 9.93. The number of hydrogen-bond donors (Lipinski definition) is 2. The molecule has 1 aromatic carbocycles. The van der Waals surface area contributed by atoms with Crippen molar-refractivity contribution >= 4 is 22.0 Å². The third-order valence-corrected chi connectivity index (χ3v) is 3.54. The summed E-state index contributed by atoms with van der Waals surface area (Å²) in [5.41, 5.74) is 0.461. The summed E-state index contributed by atoms with van der Waals surface area (Å²) < 4.78 is 18.9. The third kappa shape index (κ3) is 6.75. The number of hydrogen-bond acceptors (Lipinski definition) is 3.